The van der Waals surface area contributed by atoms with Gasteiger partial charge in [-0.15, -0.1) is 0 Å². The molecule has 1 unspecified atom stereocenters. The highest BCUT2D eigenvalue weighted by molar-refractivity contribution is 6.02. The number of amides is 1. The molecule has 1 saturated heterocycles. The van der Waals surface area contributed by atoms with Crippen LogP contribution in [0.3, 0.4) is 0 Å². The molecule has 1 atom stereocenters. The lowest BCUT2D eigenvalue weighted by Gasteiger charge is -2.34. The van der Waals surface area contributed by atoms with Gasteiger partial charge in [0.05, 0.1) is 0 Å². The standard InChI is InChI=1S/C22H21NO2/c24-20-11-12-22(18-7-3-1-6-17(18)20)13-21(25)23(14-22)19-8-4-2-5-16(19)15-9-10-15/h1-8,15H,9-14H2. The summed E-state index contributed by atoms with van der Waals surface area (Å²) in [7, 11) is 0. The Hall–Kier alpha value is -2.42. The van der Waals surface area contributed by atoms with Gasteiger partial charge in [0, 0.05) is 36.1 Å². The summed E-state index contributed by atoms with van der Waals surface area (Å²) in [6.07, 6.45) is 4.28. The molecule has 126 valence electrons. The smallest absolute Gasteiger partial charge is 0.227 e. The summed E-state index contributed by atoms with van der Waals surface area (Å²) < 4.78 is 0. The van der Waals surface area contributed by atoms with Gasteiger partial charge in [-0.3, -0.25) is 9.59 Å². The number of ketones is 1. The van der Waals surface area contributed by atoms with Crippen molar-refractivity contribution in [2.24, 2.45) is 0 Å². The fourth-order valence-corrected chi connectivity index (χ4v) is 4.68. The number of carbonyl (C=O) groups excluding carboxylic acids is 2. The number of rotatable bonds is 2. The molecule has 25 heavy (non-hydrogen) atoms. The minimum absolute atomic E-state index is 0.192. The van der Waals surface area contributed by atoms with Crippen molar-refractivity contribution in [3.8, 4) is 0 Å². The number of hydrogen-bond donors (Lipinski definition) is 0. The number of anilines is 1. The van der Waals surface area contributed by atoms with Crippen molar-refractivity contribution < 1.29 is 9.59 Å². The maximum atomic E-state index is 13.0. The molecule has 1 saturated carbocycles. The summed E-state index contributed by atoms with van der Waals surface area (Å²) in [6, 6.07) is 16.2. The van der Waals surface area contributed by atoms with Crippen LogP contribution in [0.15, 0.2) is 48.5 Å². The number of nitrogens with zero attached hydrogens (tertiary/aromatic N) is 1. The van der Waals surface area contributed by atoms with E-state index in [-0.39, 0.29) is 17.1 Å². The maximum absolute atomic E-state index is 13.0. The lowest BCUT2D eigenvalue weighted by atomic mass is 9.69. The Balaban J connectivity index is 1.57. The number of Topliss-reactive ketones (excluding diaryl/α,β-unsaturated/α-hetero) is 1. The van der Waals surface area contributed by atoms with E-state index < -0.39 is 0 Å². The average molecular weight is 331 g/mol. The van der Waals surface area contributed by atoms with Crippen LogP contribution in [0.1, 0.15) is 59.5 Å². The molecule has 0 N–H and O–H groups in total. The molecule has 2 aliphatic carbocycles. The fourth-order valence-electron chi connectivity index (χ4n) is 4.68. The van der Waals surface area contributed by atoms with Crippen LogP contribution in [-0.2, 0) is 10.2 Å². The predicted octanol–water partition coefficient (Wildman–Crippen LogP) is 4.22. The Labute approximate surface area is 147 Å². The van der Waals surface area contributed by atoms with Gasteiger partial charge in [-0.1, -0.05) is 42.5 Å². The number of benzene rings is 2. The molecule has 1 spiro atoms. The van der Waals surface area contributed by atoms with Gasteiger partial charge in [0.1, 0.15) is 0 Å². The van der Waals surface area contributed by atoms with E-state index in [4.69, 9.17) is 0 Å². The topological polar surface area (TPSA) is 37.4 Å². The van der Waals surface area contributed by atoms with Crippen LogP contribution in [-0.4, -0.2) is 18.2 Å². The summed E-state index contributed by atoms with van der Waals surface area (Å²) in [6.45, 7) is 0.694. The second kappa shape index (κ2) is 5.29. The molecular weight excluding hydrogens is 310 g/mol. The largest absolute Gasteiger partial charge is 0.311 e. The Morgan fingerprint density at radius 3 is 2.56 bits per heavy atom. The van der Waals surface area contributed by atoms with Gasteiger partial charge in [-0.2, -0.15) is 0 Å². The number of para-hydroxylation sites is 1. The second-order valence-corrected chi connectivity index (χ2v) is 7.74. The van der Waals surface area contributed by atoms with Crippen molar-refractivity contribution >= 4 is 17.4 Å². The Morgan fingerprint density at radius 2 is 1.72 bits per heavy atom. The normalized spacial score (nSPS) is 25.5. The summed E-state index contributed by atoms with van der Waals surface area (Å²) in [5, 5.41) is 0. The third kappa shape index (κ3) is 2.25. The quantitative estimate of drug-likeness (QED) is 0.826. The maximum Gasteiger partial charge on any atom is 0.227 e. The van der Waals surface area contributed by atoms with E-state index >= 15 is 0 Å². The molecule has 0 radical (unpaired) electrons. The molecule has 1 aliphatic heterocycles. The number of fused-ring (bicyclic) bond motifs is 2. The summed E-state index contributed by atoms with van der Waals surface area (Å²) in [5.41, 5.74) is 4.08. The molecule has 2 aromatic rings. The Bertz CT molecular complexity index is 883. The summed E-state index contributed by atoms with van der Waals surface area (Å²) >= 11 is 0. The highest BCUT2D eigenvalue weighted by Gasteiger charge is 2.49. The van der Waals surface area contributed by atoms with Crippen molar-refractivity contribution in [1.82, 2.24) is 0 Å². The third-order valence-electron chi connectivity index (χ3n) is 6.13. The van der Waals surface area contributed by atoms with Crippen molar-refractivity contribution in [2.75, 3.05) is 11.4 Å². The Kier molecular flexibility index (Phi) is 3.15. The third-order valence-corrected chi connectivity index (χ3v) is 6.13. The van der Waals surface area contributed by atoms with Crippen LogP contribution in [0.4, 0.5) is 5.69 Å². The van der Waals surface area contributed by atoms with E-state index in [1.807, 2.05) is 29.2 Å². The molecule has 1 heterocycles. The van der Waals surface area contributed by atoms with Gasteiger partial charge in [0.15, 0.2) is 5.78 Å². The highest BCUT2D eigenvalue weighted by atomic mass is 16.2. The van der Waals surface area contributed by atoms with Crippen LogP contribution < -0.4 is 4.90 Å². The fraction of sp³-hybridized carbons (Fsp3) is 0.364. The molecule has 5 rings (SSSR count). The Morgan fingerprint density at radius 1 is 0.960 bits per heavy atom. The first-order valence-electron chi connectivity index (χ1n) is 9.20. The first-order chi connectivity index (χ1) is 12.2. The summed E-state index contributed by atoms with van der Waals surface area (Å²) in [4.78, 5) is 27.3. The van der Waals surface area contributed by atoms with Crippen LogP contribution in [0.2, 0.25) is 0 Å². The zero-order valence-corrected chi connectivity index (χ0v) is 14.2. The average Bonchev–Trinajstić information content (AvgIpc) is 3.43. The molecule has 2 fully saturated rings. The minimum atomic E-state index is -0.210. The van der Waals surface area contributed by atoms with E-state index in [1.165, 1.54) is 18.4 Å². The minimum Gasteiger partial charge on any atom is -0.311 e. The predicted molar refractivity (Wildman–Crippen MR) is 97.1 cm³/mol. The molecular formula is C22H21NO2. The second-order valence-electron chi connectivity index (χ2n) is 7.74. The number of carbonyl (C=O) groups is 2. The molecule has 3 nitrogen and oxygen atoms in total. The van der Waals surface area contributed by atoms with Crippen molar-refractivity contribution in [3.05, 3.63) is 65.2 Å². The van der Waals surface area contributed by atoms with Gasteiger partial charge >= 0.3 is 0 Å². The van der Waals surface area contributed by atoms with E-state index in [1.54, 1.807) is 0 Å². The molecule has 3 aliphatic rings. The van der Waals surface area contributed by atoms with E-state index in [0.29, 0.717) is 25.3 Å². The van der Waals surface area contributed by atoms with Crippen LogP contribution >= 0.6 is 0 Å². The van der Waals surface area contributed by atoms with Crippen molar-refractivity contribution in [1.29, 1.82) is 0 Å². The van der Waals surface area contributed by atoms with E-state index in [0.717, 1.165) is 23.2 Å². The van der Waals surface area contributed by atoms with Gasteiger partial charge in [-0.25, -0.2) is 0 Å². The van der Waals surface area contributed by atoms with Gasteiger partial charge in [0.25, 0.3) is 0 Å². The van der Waals surface area contributed by atoms with Gasteiger partial charge in [0.2, 0.25) is 5.91 Å². The van der Waals surface area contributed by atoms with Gasteiger partial charge < -0.3 is 4.90 Å². The molecule has 3 heteroatoms. The van der Waals surface area contributed by atoms with E-state index in [2.05, 4.69) is 24.3 Å². The van der Waals surface area contributed by atoms with Crippen LogP contribution in [0, 0.1) is 0 Å². The SMILES string of the molecule is O=C1CCC2(CC(=O)N(c3ccccc3C3CC3)C2)c2ccccc21. The lowest BCUT2D eigenvalue weighted by molar-refractivity contribution is -0.117. The van der Waals surface area contributed by atoms with Crippen molar-refractivity contribution in [2.45, 2.75) is 43.4 Å². The monoisotopic (exact) mass is 331 g/mol. The highest BCUT2D eigenvalue weighted by Crippen LogP contribution is 2.49. The molecule has 0 aromatic heterocycles. The van der Waals surface area contributed by atoms with Crippen LogP contribution in [0.5, 0.6) is 0 Å². The molecule has 0 bridgehead atoms. The summed E-state index contributed by atoms with van der Waals surface area (Å²) in [5.74, 6) is 1.02. The molecule has 2 aromatic carbocycles. The molecule has 1 amide bonds. The number of hydrogen-bond acceptors (Lipinski definition) is 2. The van der Waals surface area contributed by atoms with Gasteiger partial charge in [-0.05, 0) is 42.4 Å². The van der Waals surface area contributed by atoms with Crippen LogP contribution in [0.25, 0.3) is 0 Å². The van der Waals surface area contributed by atoms with E-state index in [9.17, 15) is 9.59 Å². The zero-order valence-electron chi connectivity index (χ0n) is 14.2. The van der Waals surface area contributed by atoms with Crippen molar-refractivity contribution in [3.63, 3.8) is 0 Å². The first kappa shape index (κ1) is 14.9. The zero-order chi connectivity index (χ0) is 17.0. The first-order valence-corrected chi connectivity index (χ1v) is 9.20. The lowest BCUT2D eigenvalue weighted by Crippen LogP contribution is -2.36.